The van der Waals surface area contributed by atoms with Crippen LogP contribution in [0.4, 0.5) is 0 Å². The number of hydrogen-bond donors (Lipinski definition) is 1. The first-order chi connectivity index (χ1) is 1.50. The third kappa shape index (κ3) is 13.2. The Kier molecular flexibility index (Phi) is 7.85. The minimum absolute atomic E-state index is 0. The van der Waals surface area contributed by atoms with E-state index in [0.717, 1.165) is 0 Å². The van der Waals surface area contributed by atoms with Crippen LogP contribution in [-0.4, -0.2) is 18.6 Å². The van der Waals surface area contributed by atoms with Crippen LogP contribution in [0, 0.1) is 0 Å². The maximum atomic E-state index is 3.00. The Morgan fingerprint density at radius 2 is 1.40 bits per heavy atom. The quantitative estimate of drug-likeness (QED) is 0.299. The molecule has 0 aromatic rings. The zero-order valence-electron chi connectivity index (χ0n) is 3.12. The summed E-state index contributed by atoms with van der Waals surface area (Å²) in [4.78, 5) is 0. The van der Waals surface area contributed by atoms with E-state index in [4.69, 9.17) is 0 Å². The third-order valence-electron chi connectivity index (χ3n) is 0.250. The highest BCUT2D eigenvalue weighted by atomic mass is 31.0. The Balaban J connectivity index is 0. The molecule has 1 aliphatic rings. The van der Waals surface area contributed by atoms with Gasteiger partial charge in [0, 0.05) is 13.1 Å². The molecule has 0 spiro atoms. The van der Waals surface area contributed by atoms with Crippen LogP contribution < -0.4 is 5.32 Å². The normalized spacial score (nSPS) is 14.4. The first-order valence-corrected chi connectivity index (χ1v) is 1.21. The fraction of sp³-hybridized carbons (Fsp3) is 1.00. The van der Waals surface area contributed by atoms with Gasteiger partial charge in [-0.15, -0.1) is 0 Å². The lowest BCUT2D eigenvalue weighted by atomic mass is 11.0. The fourth-order valence-corrected chi connectivity index (χ4v) is 0. The average Bonchev–Trinajstić information content (AvgIpc) is 1.46. The summed E-state index contributed by atoms with van der Waals surface area (Å²) in [5.41, 5.74) is 0. The maximum absolute atomic E-state index is 3.00. The van der Waals surface area contributed by atoms with Crippen molar-refractivity contribution in [3.63, 3.8) is 0 Å². The molecular weight excluding hydrogens is 85.0 g/mol. The Bertz CT molecular complexity index is 14.4. The van der Waals surface area contributed by atoms with Gasteiger partial charge in [0.25, 0.3) is 0 Å². The van der Waals surface area contributed by atoms with E-state index in [9.17, 15) is 0 Å². The second-order valence-electron chi connectivity index (χ2n) is 0.750. The maximum Gasteiger partial charge on any atom is 0.00772 e. The van der Waals surface area contributed by atoms with Gasteiger partial charge in [-0.2, -0.15) is 9.90 Å². The van der Waals surface area contributed by atoms with E-state index in [0.29, 0.717) is 0 Å². The van der Waals surface area contributed by atoms with Gasteiger partial charge in [-0.25, -0.2) is 0 Å². The molecule has 1 atom stereocenters. The van der Waals surface area contributed by atoms with Gasteiger partial charge in [-0.3, -0.25) is 0 Å². The summed E-state index contributed by atoms with van der Waals surface area (Å²) in [6.07, 6.45) is 0. The van der Waals surface area contributed by atoms with Gasteiger partial charge in [-0.1, -0.05) is 0 Å². The van der Waals surface area contributed by atoms with Crippen LogP contribution >= 0.6 is 9.90 Å². The van der Waals surface area contributed by atoms with Crippen LogP contribution in [0.25, 0.3) is 0 Å². The van der Waals surface area contributed by atoms with Crippen molar-refractivity contribution in [2.24, 2.45) is 0 Å². The zero-order chi connectivity index (χ0) is 2.12. The summed E-state index contributed by atoms with van der Waals surface area (Å²) in [7, 11) is 0. The molecule has 0 aromatic heterocycles. The van der Waals surface area contributed by atoms with Gasteiger partial charge in [0.15, 0.2) is 0 Å². The highest BCUT2D eigenvalue weighted by Crippen LogP contribution is 1.65. The highest BCUT2D eigenvalue weighted by molar-refractivity contribution is 6.92. The lowest BCUT2D eigenvalue weighted by molar-refractivity contribution is 0.824. The van der Waals surface area contributed by atoms with Gasteiger partial charge in [-0.05, 0) is 0 Å². The van der Waals surface area contributed by atoms with Crippen molar-refractivity contribution in [1.29, 1.82) is 0 Å². The van der Waals surface area contributed by atoms with Crippen LogP contribution in [0.5, 0.6) is 0 Å². The molecule has 5 heavy (non-hydrogen) atoms. The van der Waals surface area contributed by atoms with Crippen molar-refractivity contribution in [2.45, 2.75) is 0 Å². The molecule has 0 amide bonds. The zero-order valence-corrected chi connectivity index (χ0v) is 4.54. The van der Waals surface area contributed by atoms with E-state index in [2.05, 4.69) is 5.32 Å². The van der Waals surface area contributed by atoms with Crippen molar-refractivity contribution in [2.75, 3.05) is 13.1 Å². The molecule has 0 aromatic carbocycles. The average molecular weight is 95.1 g/mol. The third-order valence-corrected chi connectivity index (χ3v) is 0.250. The van der Waals surface area contributed by atoms with E-state index in [1.165, 1.54) is 13.1 Å². The number of nitrogens with one attached hydrogen (secondary N) is 1. The molecule has 1 saturated heterocycles. The molecule has 0 saturated carbocycles. The van der Waals surface area contributed by atoms with Gasteiger partial charge < -0.3 is 10.8 Å². The van der Waals surface area contributed by atoms with E-state index in [1.54, 1.807) is 0 Å². The minimum Gasteiger partial charge on any atom is -0.412 e. The molecule has 1 heterocycles. The molecule has 3 heteroatoms. The largest absolute Gasteiger partial charge is 0.412 e. The standard InChI is InChI=1S/C2H5N.H2O.H3P/c1-2-3-1;;/h3H,1-2H2;1H2;1H3. The van der Waals surface area contributed by atoms with Crippen LogP contribution in [0.2, 0.25) is 0 Å². The van der Waals surface area contributed by atoms with Crippen molar-refractivity contribution in [3.05, 3.63) is 0 Å². The van der Waals surface area contributed by atoms with Gasteiger partial charge in [0.1, 0.15) is 0 Å². The predicted octanol–water partition coefficient (Wildman–Crippen LogP) is -1.18. The Morgan fingerprint density at radius 1 is 1.20 bits per heavy atom. The summed E-state index contributed by atoms with van der Waals surface area (Å²) in [5.74, 6) is 0. The molecule has 0 aliphatic carbocycles. The van der Waals surface area contributed by atoms with Crippen molar-refractivity contribution >= 4 is 9.90 Å². The van der Waals surface area contributed by atoms with Gasteiger partial charge in [0.05, 0.1) is 0 Å². The monoisotopic (exact) mass is 95.1 g/mol. The van der Waals surface area contributed by atoms with Crippen LogP contribution in [0.15, 0.2) is 0 Å². The molecular formula is C2H10NOP. The summed E-state index contributed by atoms with van der Waals surface area (Å²) < 4.78 is 0. The SMILES string of the molecule is C1CN1.O.P. The summed E-state index contributed by atoms with van der Waals surface area (Å²) in [6, 6.07) is 0. The summed E-state index contributed by atoms with van der Waals surface area (Å²) in [5, 5.41) is 3.00. The van der Waals surface area contributed by atoms with E-state index >= 15 is 0 Å². The first-order valence-electron chi connectivity index (χ1n) is 1.21. The molecule has 0 radical (unpaired) electrons. The number of rotatable bonds is 0. The molecule has 1 unspecified atom stereocenters. The van der Waals surface area contributed by atoms with Gasteiger partial charge >= 0.3 is 0 Å². The Labute approximate surface area is 34.9 Å². The lowest BCUT2D eigenvalue weighted by Crippen LogP contribution is -1.56. The molecule has 1 aliphatic heterocycles. The van der Waals surface area contributed by atoms with Crippen LogP contribution in [0.3, 0.4) is 0 Å². The van der Waals surface area contributed by atoms with Crippen LogP contribution in [-0.2, 0) is 0 Å². The van der Waals surface area contributed by atoms with Crippen LogP contribution in [0.1, 0.15) is 0 Å². The fourth-order valence-electron chi connectivity index (χ4n) is 0. The lowest BCUT2D eigenvalue weighted by Gasteiger charge is -1.21. The smallest absolute Gasteiger partial charge is 0.00772 e. The summed E-state index contributed by atoms with van der Waals surface area (Å²) in [6.45, 7) is 2.50. The van der Waals surface area contributed by atoms with Crippen molar-refractivity contribution < 1.29 is 5.48 Å². The number of hydrogen-bond acceptors (Lipinski definition) is 1. The van der Waals surface area contributed by atoms with E-state index < -0.39 is 0 Å². The molecule has 2 nitrogen and oxygen atoms in total. The Hall–Kier alpha value is 0.350. The minimum atomic E-state index is 0. The van der Waals surface area contributed by atoms with Crippen molar-refractivity contribution in [3.8, 4) is 0 Å². The van der Waals surface area contributed by atoms with E-state index in [-0.39, 0.29) is 15.4 Å². The molecule has 3 N–H and O–H groups in total. The summed E-state index contributed by atoms with van der Waals surface area (Å²) >= 11 is 0. The van der Waals surface area contributed by atoms with E-state index in [1.807, 2.05) is 0 Å². The topological polar surface area (TPSA) is 53.4 Å². The predicted molar refractivity (Wildman–Crippen MR) is 27.6 cm³/mol. The first kappa shape index (κ1) is 9.02. The molecule has 1 fully saturated rings. The second-order valence-corrected chi connectivity index (χ2v) is 0.750. The van der Waals surface area contributed by atoms with Gasteiger partial charge in [0.2, 0.25) is 0 Å². The second kappa shape index (κ2) is 4.35. The molecule has 34 valence electrons. The Morgan fingerprint density at radius 3 is 1.40 bits per heavy atom. The van der Waals surface area contributed by atoms with Crippen molar-refractivity contribution in [1.82, 2.24) is 5.32 Å². The molecule has 1 rings (SSSR count). The molecule has 0 bridgehead atoms. The highest BCUT2D eigenvalue weighted by Gasteiger charge is 1.91.